The van der Waals surface area contributed by atoms with Gasteiger partial charge in [0.1, 0.15) is 65.2 Å². The van der Waals surface area contributed by atoms with Crippen LogP contribution in [-0.4, -0.2) is 139 Å². The van der Waals surface area contributed by atoms with Crippen LogP contribution < -0.4 is 24.9 Å². The monoisotopic (exact) mass is 906 g/mol. The number of nitrogens with zero attached hydrogens (tertiary/aromatic N) is 2. The number of hydrogen-bond donors (Lipinski definition) is 11. The number of aliphatic hydroxyl groups excluding tert-OH is 6. The minimum absolute atomic E-state index is 0.0384. The molecule has 2 aromatic heterocycles. The lowest BCUT2D eigenvalue weighted by Gasteiger charge is -2.42. The number of fused-ring (bicyclic) bond motifs is 1. The van der Waals surface area contributed by atoms with Crippen molar-refractivity contribution in [3.05, 3.63) is 82.1 Å². The second-order valence-electron chi connectivity index (χ2n) is 14.1. The Balaban J connectivity index is 1.08. The zero-order valence-electron chi connectivity index (χ0n) is 31.9. The molecule has 332 valence electrons. The maximum atomic E-state index is 14.0. The van der Waals surface area contributed by atoms with Crippen molar-refractivity contribution in [1.29, 1.82) is 0 Å². The van der Waals surface area contributed by atoms with Crippen molar-refractivity contribution in [2.45, 2.75) is 73.2 Å². The van der Waals surface area contributed by atoms with Gasteiger partial charge in [-0.15, -0.1) is 10.2 Å². The molecule has 4 heterocycles. The van der Waals surface area contributed by atoms with E-state index in [-0.39, 0.29) is 39.5 Å². The number of aliphatic hydroxyl groups is 6. The van der Waals surface area contributed by atoms with Gasteiger partial charge in [0.25, 0.3) is 10.0 Å². The fraction of sp³-hybridized carbons (Fsp3) is 0.342. The molecule has 2 saturated heterocycles. The van der Waals surface area contributed by atoms with E-state index in [0.29, 0.717) is 5.69 Å². The summed E-state index contributed by atoms with van der Waals surface area (Å²) in [6.07, 6.45) is -16.6. The predicted octanol–water partition coefficient (Wildman–Crippen LogP) is 0.300. The molecule has 7 rings (SSSR count). The van der Waals surface area contributed by atoms with Crippen LogP contribution in [0.4, 0.5) is 11.5 Å². The molecular formula is C38H39ClN4O18S. The summed E-state index contributed by atoms with van der Waals surface area (Å²) >= 11 is 5.70. The van der Waals surface area contributed by atoms with Crippen LogP contribution in [0.3, 0.4) is 0 Å². The number of sulfonamides is 1. The Morgan fingerprint density at radius 3 is 2.19 bits per heavy atom. The molecule has 0 bridgehead atoms. The van der Waals surface area contributed by atoms with Crippen molar-refractivity contribution >= 4 is 44.1 Å². The molecule has 3 aromatic carbocycles. The first-order valence-corrected chi connectivity index (χ1v) is 20.3. The highest BCUT2D eigenvalue weighted by molar-refractivity contribution is 7.92. The molecule has 22 nitrogen and oxygen atoms in total. The van der Waals surface area contributed by atoms with Gasteiger partial charge in [-0.3, -0.25) is 9.52 Å². The molecule has 2 fully saturated rings. The number of anilines is 2. The van der Waals surface area contributed by atoms with E-state index in [9.17, 15) is 59.2 Å². The third-order valence-corrected chi connectivity index (χ3v) is 11.4. The van der Waals surface area contributed by atoms with Crippen molar-refractivity contribution in [1.82, 2.24) is 10.2 Å². The zero-order chi connectivity index (χ0) is 44.6. The SMILES string of the molecule is C[C@@H]1O[C@@H](OC[C@H]2O[C@@H](Oc3c(-c4ccc(OCNc5ccc(S(=O)(=O)Nc6ccc(Cl)nn6)cc5)c(O)c4)oc4cc(O)cc(O)c4c3=O)[C@H](O)[C@@H](O)[C@@H]2O)[C@H](O)[C@H](O)[C@H]1O. The molecule has 11 N–H and O–H groups in total. The molecule has 5 aromatic rings. The summed E-state index contributed by atoms with van der Waals surface area (Å²) in [6, 6.07) is 13.9. The first kappa shape index (κ1) is 44.5. The zero-order valence-corrected chi connectivity index (χ0v) is 33.5. The number of aromatic nitrogens is 2. The van der Waals surface area contributed by atoms with Gasteiger partial charge in [0.05, 0.1) is 17.6 Å². The summed E-state index contributed by atoms with van der Waals surface area (Å²) < 4.78 is 61.8. The Hall–Kier alpha value is -5.57. The smallest absolute Gasteiger partial charge is 0.263 e. The highest BCUT2D eigenvalue weighted by atomic mass is 35.5. The number of phenolic OH excluding ortho intramolecular Hbond substituents is 3. The summed E-state index contributed by atoms with van der Waals surface area (Å²) in [4.78, 5) is 13.9. The topological polar surface area (TPSA) is 342 Å². The number of nitrogens with one attached hydrogen (secondary N) is 2. The number of phenols is 3. The Bertz CT molecular complexity index is 2570. The number of hydrogen-bond acceptors (Lipinski definition) is 21. The van der Waals surface area contributed by atoms with Crippen molar-refractivity contribution < 1.29 is 82.5 Å². The minimum Gasteiger partial charge on any atom is -0.508 e. The van der Waals surface area contributed by atoms with Gasteiger partial charge in [0, 0.05) is 23.4 Å². The summed E-state index contributed by atoms with van der Waals surface area (Å²) in [7, 11) is -4.01. The van der Waals surface area contributed by atoms with Gasteiger partial charge in [-0.1, -0.05) is 11.6 Å². The highest BCUT2D eigenvalue weighted by Crippen LogP contribution is 2.40. The van der Waals surface area contributed by atoms with E-state index < -0.39 is 118 Å². The summed E-state index contributed by atoms with van der Waals surface area (Å²) in [5.74, 6) is -2.95. The van der Waals surface area contributed by atoms with Gasteiger partial charge in [0.15, 0.2) is 41.3 Å². The molecule has 10 atom stereocenters. The Morgan fingerprint density at radius 1 is 0.790 bits per heavy atom. The fourth-order valence-corrected chi connectivity index (χ4v) is 7.57. The standard InChI is InChI=1S/C38H39ClN4O18S/c1-15-28(47)31(50)33(52)37(58-15)56-13-24-29(48)32(51)34(53)38(60-24)61-36-30(49)27-21(46)11-18(44)12-23(27)59-35(36)16-2-7-22(20(45)10-16)57-14-40-17-3-5-19(6-4-17)62(54,55)43-26-9-8-25(39)41-42-26/h2-12,15,24,28-29,31-34,37-38,40,44-48,50-53H,13-14H2,1H3,(H,42,43)/t15-,24+,28-,29+,31+,32-,33+,34+,37+,38-/m0/s1. The first-order chi connectivity index (χ1) is 29.4. The third-order valence-electron chi connectivity index (χ3n) is 9.81. The number of halogens is 1. The van der Waals surface area contributed by atoms with E-state index in [0.717, 1.165) is 18.2 Å². The van der Waals surface area contributed by atoms with Crippen molar-refractivity contribution in [2.75, 3.05) is 23.4 Å². The van der Waals surface area contributed by atoms with Crippen LogP contribution in [0.5, 0.6) is 28.7 Å². The molecule has 0 amide bonds. The maximum absolute atomic E-state index is 14.0. The number of rotatable bonds is 13. The normalized spacial score (nSPS) is 26.5. The molecule has 2 aliphatic rings. The highest BCUT2D eigenvalue weighted by Gasteiger charge is 2.48. The molecule has 0 radical (unpaired) electrons. The molecular weight excluding hydrogens is 868 g/mol. The Labute approximate surface area is 354 Å². The lowest BCUT2D eigenvalue weighted by Crippen LogP contribution is -2.61. The predicted molar refractivity (Wildman–Crippen MR) is 212 cm³/mol. The average Bonchev–Trinajstić information content (AvgIpc) is 3.23. The second-order valence-corrected chi connectivity index (χ2v) is 16.2. The molecule has 2 aliphatic heterocycles. The fourth-order valence-electron chi connectivity index (χ4n) is 6.47. The van der Waals surface area contributed by atoms with Crippen LogP contribution in [0.1, 0.15) is 6.92 Å². The first-order valence-electron chi connectivity index (χ1n) is 18.4. The summed E-state index contributed by atoms with van der Waals surface area (Å²) in [5, 5.41) is 104. The van der Waals surface area contributed by atoms with Gasteiger partial charge >= 0.3 is 0 Å². The van der Waals surface area contributed by atoms with Crippen molar-refractivity contribution in [3.63, 3.8) is 0 Å². The van der Waals surface area contributed by atoms with Gasteiger partial charge < -0.3 is 79.4 Å². The van der Waals surface area contributed by atoms with Crippen LogP contribution in [0.2, 0.25) is 5.15 Å². The Kier molecular flexibility index (Phi) is 12.9. The van der Waals surface area contributed by atoms with Crippen LogP contribution >= 0.6 is 11.6 Å². The third kappa shape index (κ3) is 9.28. The Morgan fingerprint density at radius 2 is 1.50 bits per heavy atom. The minimum atomic E-state index is -4.01. The number of ether oxygens (including phenoxy) is 5. The van der Waals surface area contributed by atoms with Gasteiger partial charge in [-0.2, -0.15) is 0 Å². The molecule has 0 saturated carbocycles. The molecule has 0 unspecified atom stereocenters. The van der Waals surface area contributed by atoms with Gasteiger partial charge in [0.2, 0.25) is 17.5 Å². The van der Waals surface area contributed by atoms with E-state index in [2.05, 4.69) is 20.2 Å². The maximum Gasteiger partial charge on any atom is 0.263 e. The van der Waals surface area contributed by atoms with Crippen molar-refractivity contribution in [2.24, 2.45) is 0 Å². The average molecular weight is 907 g/mol. The molecule has 24 heteroatoms. The van der Waals surface area contributed by atoms with E-state index in [1.54, 1.807) is 0 Å². The molecule has 62 heavy (non-hydrogen) atoms. The van der Waals surface area contributed by atoms with Gasteiger partial charge in [-0.25, -0.2) is 8.42 Å². The second kappa shape index (κ2) is 18.0. The lowest BCUT2D eigenvalue weighted by atomic mass is 9.98. The van der Waals surface area contributed by atoms with E-state index in [4.69, 9.17) is 39.7 Å². The molecule has 0 spiro atoms. The quantitative estimate of drug-likeness (QED) is 0.0708. The van der Waals surface area contributed by atoms with E-state index in [1.807, 2.05) is 0 Å². The van der Waals surface area contributed by atoms with Crippen LogP contribution in [0.25, 0.3) is 22.3 Å². The van der Waals surface area contributed by atoms with Crippen LogP contribution in [-0.2, 0) is 24.2 Å². The lowest BCUT2D eigenvalue weighted by molar-refractivity contribution is -0.318. The van der Waals surface area contributed by atoms with Crippen molar-refractivity contribution in [3.8, 4) is 40.1 Å². The van der Waals surface area contributed by atoms with E-state index >= 15 is 0 Å². The van der Waals surface area contributed by atoms with E-state index in [1.165, 1.54) is 55.5 Å². The summed E-state index contributed by atoms with van der Waals surface area (Å²) in [6.45, 7) is 0.535. The number of aromatic hydroxyl groups is 3. The summed E-state index contributed by atoms with van der Waals surface area (Å²) in [5.41, 5.74) is -0.991. The molecule has 0 aliphatic carbocycles. The van der Waals surface area contributed by atoms with Crippen LogP contribution in [0.15, 0.2) is 80.8 Å². The van der Waals surface area contributed by atoms with Gasteiger partial charge in [-0.05, 0) is 61.5 Å². The van der Waals surface area contributed by atoms with Crippen LogP contribution in [0, 0.1) is 0 Å². The number of benzene rings is 3. The largest absolute Gasteiger partial charge is 0.508 e.